The maximum atomic E-state index is 14.9. The lowest BCUT2D eigenvalue weighted by molar-refractivity contribution is -0.765. The summed E-state index contributed by atoms with van der Waals surface area (Å²) in [4.78, 5) is 9.62. The maximum Gasteiger partial charge on any atom is 0.306 e. The number of nitrogens with zero attached hydrogens (tertiary/aromatic N) is 4. The van der Waals surface area contributed by atoms with Crippen LogP contribution in [0, 0.1) is 18.6 Å². The van der Waals surface area contributed by atoms with Gasteiger partial charge in [-0.05, 0) is 24.9 Å². The van der Waals surface area contributed by atoms with Crippen LogP contribution < -0.4 is 9.25 Å². The fourth-order valence-corrected chi connectivity index (χ4v) is 4.73. The molecule has 2 aromatic heterocycles. The summed E-state index contributed by atoms with van der Waals surface area (Å²) in [5.41, 5.74) is 1.75. The minimum atomic E-state index is -1.64. The van der Waals surface area contributed by atoms with E-state index in [2.05, 4.69) is 61.9 Å². The van der Waals surface area contributed by atoms with Crippen LogP contribution in [-0.4, -0.2) is 37.7 Å². The highest BCUT2D eigenvalue weighted by Crippen LogP contribution is 2.32. The molecule has 2 atom stereocenters. The molecule has 176 valence electrons. The molecule has 1 aliphatic rings. The lowest BCUT2D eigenvalue weighted by atomic mass is 9.85. The van der Waals surface area contributed by atoms with E-state index in [4.69, 9.17) is 0 Å². The van der Waals surface area contributed by atoms with Crippen LogP contribution in [-0.2, 0) is 25.2 Å². The van der Waals surface area contributed by atoms with Gasteiger partial charge in [-0.15, -0.1) is 0 Å². The van der Waals surface area contributed by atoms with Crippen molar-refractivity contribution >= 4 is 0 Å². The number of fused-ring (bicyclic) bond motifs is 1. The van der Waals surface area contributed by atoms with Crippen LogP contribution in [0.1, 0.15) is 23.9 Å². The van der Waals surface area contributed by atoms with E-state index in [-0.39, 0.29) is 12.1 Å². The van der Waals surface area contributed by atoms with Gasteiger partial charge in [0.05, 0.1) is 0 Å². The number of aromatic nitrogens is 5. The van der Waals surface area contributed by atoms with Gasteiger partial charge in [0.1, 0.15) is 43.1 Å². The van der Waals surface area contributed by atoms with Crippen LogP contribution in [0.3, 0.4) is 0 Å². The van der Waals surface area contributed by atoms with Crippen molar-refractivity contribution in [2.24, 2.45) is 0 Å². The van der Waals surface area contributed by atoms with E-state index < -0.39 is 23.3 Å². The predicted molar refractivity (Wildman–Crippen MR) is 120 cm³/mol. The van der Waals surface area contributed by atoms with E-state index in [1.807, 2.05) is 6.92 Å². The Morgan fingerprint density at radius 3 is 2.71 bits per heavy atom. The Bertz CT molecular complexity index is 1290. The third kappa shape index (κ3) is 4.12. The molecule has 5 rings (SSSR count). The van der Waals surface area contributed by atoms with Gasteiger partial charge in [-0.2, -0.15) is 9.78 Å². The molecular formula is C25H28F2N6O+2. The number of hydrogen-bond donors (Lipinski definition) is 3. The standard InChI is InChI=1S/C25H26F2N6O/c1-17-3-5-19(6-4-17)23-12-32-10-9-31(13-24(32)30-23)18(2)25(34,14-33-16-28-15-29-33)21-8-7-20(26)11-22(21)27/h3-8,11-12,15-16,18,34H,9-10,13-14H2,1-2H3/p+2/t18-,25-/m1/s1. The van der Waals surface area contributed by atoms with Gasteiger partial charge in [0.2, 0.25) is 6.33 Å². The van der Waals surface area contributed by atoms with Crippen LogP contribution >= 0.6 is 0 Å². The first-order valence-electron chi connectivity index (χ1n) is 11.3. The van der Waals surface area contributed by atoms with Crippen molar-refractivity contribution in [2.45, 2.75) is 45.1 Å². The predicted octanol–water partition coefficient (Wildman–Crippen LogP) is 2.36. The molecule has 0 saturated carbocycles. The summed E-state index contributed by atoms with van der Waals surface area (Å²) < 4.78 is 32.3. The van der Waals surface area contributed by atoms with Gasteiger partial charge >= 0.3 is 6.33 Å². The Labute approximate surface area is 196 Å². The molecule has 4 aromatic rings. The van der Waals surface area contributed by atoms with Gasteiger partial charge in [0.25, 0.3) is 5.82 Å². The van der Waals surface area contributed by atoms with Crippen molar-refractivity contribution in [3.05, 3.63) is 89.9 Å². The first-order valence-corrected chi connectivity index (χ1v) is 11.3. The van der Waals surface area contributed by atoms with Crippen LogP contribution in [0.25, 0.3) is 11.3 Å². The Balaban J connectivity index is 1.45. The lowest BCUT2D eigenvalue weighted by Crippen LogP contribution is -2.60. The third-order valence-corrected chi connectivity index (χ3v) is 6.81. The first kappa shape index (κ1) is 22.4. The molecule has 0 spiro atoms. The number of aliphatic hydroxyl groups is 1. The normalized spacial score (nSPS) is 16.7. The molecule has 0 unspecified atom stereocenters. The molecule has 7 nitrogen and oxygen atoms in total. The van der Waals surface area contributed by atoms with Crippen molar-refractivity contribution < 1.29 is 23.1 Å². The summed E-state index contributed by atoms with van der Waals surface area (Å²) in [5.74, 6) is -0.452. The molecule has 0 radical (unpaired) electrons. The molecule has 34 heavy (non-hydrogen) atoms. The third-order valence-electron chi connectivity index (χ3n) is 6.81. The number of rotatable bonds is 6. The Morgan fingerprint density at radius 1 is 1.21 bits per heavy atom. The average molecular weight is 467 g/mol. The van der Waals surface area contributed by atoms with Gasteiger partial charge in [-0.1, -0.05) is 35.9 Å². The molecule has 3 N–H and O–H groups in total. The monoisotopic (exact) mass is 466 g/mol. The van der Waals surface area contributed by atoms with E-state index in [0.717, 1.165) is 29.7 Å². The number of aryl methyl sites for hydroxylation is 1. The van der Waals surface area contributed by atoms with Gasteiger partial charge in [-0.25, -0.2) is 18.3 Å². The van der Waals surface area contributed by atoms with E-state index in [9.17, 15) is 13.9 Å². The summed E-state index contributed by atoms with van der Waals surface area (Å²) in [6.07, 6.45) is 5.12. The number of aromatic amines is 2. The van der Waals surface area contributed by atoms with Crippen molar-refractivity contribution in [3.63, 3.8) is 0 Å². The Kier molecular flexibility index (Phi) is 5.75. The summed E-state index contributed by atoms with van der Waals surface area (Å²) in [5, 5.41) is 14.8. The molecule has 2 aromatic carbocycles. The summed E-state index contributed by atoms with van der Waals surface area (Å²) in [6, 6.07) is 11.2. The second kappa shape index (κ2) is 8.73. The average Bonchev–Trinajstić information content (AvgIpc) is 3.48. The summed E-state index contributed by atoms with van der Waals surface area (Å²) >= 11 is 0. The van der Waals surface area contributed by atoms with E-state index >= 15 is 0 Å². The van der Waals surface area contributed by atoms with Crippen LogP contribution in [0.2, 0.25) is 0 Å². The molecule has 3 heterocycles. The molecule has 0 saturated heterocycles. The summed E-state index contributed by atoms with van der Waals surface area (Å²) in [7, 11) is 0. The zero-order valence-electron chi connectivity index (χ0n) is 19.2. The number of halogens is 2. The van der Waals surface area contributed by atoms with Gasteiger partial charge in [0.15, 0.2) is 5.69 Å². The Morgan fingerprint density at radius 2 is 2.00 bits per heavy atom. The second-order valence-corrected chi connectivity index (χ2v) is 9.02. The van der Waals surface area contributed by atoms with E-state index in [1.165, 1.54) is 30.4 Å². The number of hydrogen-bond acceptors (Lipinski definition) is 3. The maximum absolute atomic E-state index is 14.9. The van der Waals surface area contributed by atoms with Crippen molar-refractivity contribution in [1.29, 1.82) is 0 Å². The van der Waals surface area contributed by atoms with Crippen LogP contribution in [0.5, 0.6) is 0 Å². The second-order valence-electron chi connectivity index (χ2n) is 9.02. The van der Waals surface area contributed by atoms with E-state index in [0.29, 0.717) is 13.1 Å². The largest absolute Gasteiger partial charge is 0.379 e. The molecule has 0 bridgehead atoms. The van der Waals surface area contributed by atoms with Crippen molar-refractivity contribution in [1.82, 2.24) is 20.0 Å². The van der Waals surface area contributed by atoms with Gasteiger partial charge in [0, 0.05) is 29.8 Å². The molecule has 0 amide bonds. The zero-order chi connectivity index (χ0) is 23.9. The first-order chi connectivity index (χ1) is 16.3. The number of benzene rings is 2. The van der Waals surface area contributed by atoms with Crippen molar-refractivity contribution in [2.75, 3.05) is 6.54 Å². The highest BCUT2D eigenvalue weighted by Gasteiger charge is 2.45. The fraction of sp³-hybridized carbons (Fsp3) is 0.320. The quantitative estimate of drug-likeness (QED) is 0.382. The lowest BCUT2D eigenvalue weighted by Gasteiger charge is -2.40. The zero-order valence-corrected chi connectivity index (χ0v) is 19.2. The SMILES string of the molecule is Cc1ccc(-c2c[n+]3c([nH]2)CN([C@H](C)[C@](O)(C[n+]2cnc[nH]2)c2ccc(F)cc2F)CC3)cc1. The molecule has 0 fully saturated rings. The van der Waals surface area contributed by atoms with Crippen molar-refractivity contribution in [3.8, 4) is 11.3 Å². The number of H-pyrrole nitrogens is 2. The Hall–Kier alpha value is -3.43. The highest BCUT2D eigenvalue weighted by molar-refractivity contribution is 5.57. The van der Waals surface area contributed by atoms with Crippen LogP contribution in [0.4, 0.5) is 8.78 Å². The van der Waals surface area contributed by atoms with E-state index in [1.54, 1.807) is 4.68 Å². The molecule has 9 heteroatoms. The number of nitrogens with one attached hydrogen (secondary N) is 2. The molecular weight excluding hydrogens is 438 g/mol. The fourth-order valence-electron chi connectivity index (χ4n) is 4.73. The minimum absolute atomic E-state index is 0.0343. The van der Waals surface area contributed by atoms with Gasteiger partial charge in [-0.3, -0.25) is 4.90 Å². The van der Waals surface area contributed by atoms with Crippen LogP contribution in [0.15, 0.2) is 61.3 Å². The summed E-state index contributed by atoms with van der Waals surface area (Å²) in [6.45, 7) is 5.91. The highest BCUT2D eigenvalue weighted by atomic mass is 19.1. The number of imidazole rings is 1. The molecule has 1 aliphatic heterocycles. The van der Waals surface area contributed by atoms with Gasteiger partial charge < -0.3 is 5.11 Å². The minimum Gasteiger partial charge on any atom is -0.379 e. The smallest absolute Gasteiger partial charge is 0.306 e. The molecule has 0 aliphatic carbocycles. The topological polar surface area (TPSA) is 75.7 Å².